The maximum Gasteiger partial charge on any atom is 0.410 e. The molecule has 2 N–H and O–H groups in total. The summed E-state index contributed by atoms with van der Waals surface area (Å²) >= 11 is 6.70. The van der Waals surface area contributed by atoms with Gasteiger partial charge in [-0.3, -0.25) is 19.8 Å². The predicted molar refractivity (Wildman–Crippen MR) is 157 cm³/mol. The summed E-state index contributed by atoms with van der Waals surface area (Å²) in [7, 11) is 0. The molecule has 0 atom stereocenters. The number of likely N-dealkylation sites (tertiary alicyclic amines) is 1. The lowest BCUT2D eigenvalue weighted by molar-refractivity contribution is -0.505. The van der Waals surface area contributed by atoms with Crippen LogP contribution in [0.25, 0.3) is 0 Å². The first-order chi connectivity index (χ1) is 16.2. The number of nitrogens with zero attached hydrogens (tertiary/aromatic N) is 2. The Kier molecular flexibility index (Phi) is 16.5. The highest BCUT2D eigenvalue weighted by molar-refractivity contribution is 14.2. The maximum absolute atomic E-state index is 11.6. The van der Waals surface area contributed by atoms with E-state index in [0.29, 0.717) is 38.3 Å². The van der Waals surface area contributed by atoms with Crippen LogP contribution in [0.3, 0.4) is 0 Å². The molecule has 204 valence electrons. The van der Waals surface area contributed by atoms with Gasteiger partial charge in [0.15, 0.2) is 5.60 Å². The van der Waals surface area contributed by atoms with Gasteiger partial charge < -0.3 is 19.9 Å². The Hall–Kier alpha value is -0.240. The molecule has 14 heteroatoms. The molecule has 1 spiro atoms. The number of alkyl carbamates (subject to hydrolysis) is 1. The third-order valence-electron chi connectivity index (χ3n) is 5.09. The number of ether oxygens (including phenoxy) is 2. The van der Waals surface area contributed by atoms with Crippen LogP contribution in [0.2, 0.25) is 0 Å². The minimum absolute atomic E-state index is 0.285. The molecule has 4 aliphatic rings. The number of hydrogen-bond acceptors (Lipinski definition) is 8. The molecule has 2 heterocycles. The molecule has 0 bridgehead atoms. The molecule has 2 aliphatic heterocycles. The maximum atomic E-state index is 11.6. The molecule has 4 rings (SSSR count). The number of nitrogens with one attached hydrogen (secondary N) is 1. The number of aliphatic hydroxyl groups is 1. The highest BCUT2D eigenvalue weighted by atomic mass is 127. The van der Waals surface area contributed by atoms with E-state index >= 15 is 0 Å². The zero-order valence-electron chi connectivity index (χ0n) is 20.6. The Morgan fingerprint density at radius 2 is 1.69 bits per heavy atom. The standard InChI is InChI=1S/C10H16N2O4.C5H9NO3.C4H6O.CH2I2.CH3I/c1-9(2,3)16-8(14)12-5-10(6-12)4-11-7(13)15-10;7-5(2-1-3-5)4-6(8)9;5-4-2-1-3-4;2-1-3;1-2/h4-6H2,1-3H3,(H,11,13);7H,1-4H2;1-3H2;1H2;1H3. The van der Waals surface area contributed by atoms with Crippen LogP contribution in [0.1, 0.15) is 59.3 Å². The topological polar surface area (TPSA) is 148 Å². The molecule has 2 amide bonds. The van der Waals surface area contributed by atoms with Crippen molar-refractivity contribution in [3.05, 3.63) is 10.1 Å². The number of ketones is 1. The number of rotatable bonds is 2. The van der Waals surface area contributed by atoms with Crippen LogP contribution in [0.4, 0.5) is 9.59 Å². The van der Waals surface area contributed by atoms with Crippen molar-refractivity contribution in [2.45, 2.75) is 76.1 Å². The lowest BCUT2D eigenvalue weighted by atomic mass is 9.80. The van der Waals surface area contributed by atoms with Gasteiger partial charge in [-0.25, -0.2) is 9.59 Å². The van der Waals surface area contributed by atoms with Crippen molar-refractivity contribution in [1.82, 2.24) is 10.2 Å². The number of hydrogen-bond donors (Lipinski definition) is 2. The fourth-order valence-corrected chi connectivity index (χ4v) is 3.09. The first kappa shape index (κ1) is 34.8. The van der Waals surface area contributed by atoms with Gasteiger partial charge in [0.05, 0.1) is 22.1 Å². The Bertz CT molecular complexity index is 702. The fourth-order valence-electron chi connectivity index (χ4n) is 3.09. The lowest BCUT2D eigenvalue weighted by Gasteiger charge is -2.45. The minimum atomic E-state index is -0.955. The number of carbonyl (C=O) groups excluding carboxylic acids is 3. The van der Waals surface area contributed by atoms with Crippen LogP contribution < -0.4 is 5.32 Å². The number of nitro groups is 1. The molecule has 4 fully saturated rings. The Labute approximate surface area is 247 Å². The van der Waals surface area contributed by atoms with Gasteiger partial charge in [-0.1, -0.05) is 67.8 Å². The summed E-state index contributed by atoms with van der Waals surface area (Å²) in [5.41, 5.74) is -1.97. The minimum Gasteiger partial charge on any atom is -0.444 e. The summed E-state index contributed by atoms with van der Waals surface area (Å²) in [5.74, 6) is 0.435. The van der Waals surface area contributed by atoms with E-state index in [-0.39, 0.29) is 12.6 Å². The monoisotopic (exact) mass is 839 g/mol. The van der Waals surface area contributed by atoms with E-state index in [4.69, 9.17) is 14.6 Å². The zero-order chi connectivity index (χ0) is 27.3. The number of amides is 2. The molecule has 0 aromatic rings. The van der Waals surface area contributed by atoms with Crippen molar-refractivity contribution in [3.63, 3.8) is 0 Å². The molecule has 2 aliphatic carbocycles. The van der Waals surface area contributed by atoms with Gasteiger partial charge in [0.2, 0.25) is 6.54 Å². The quantitative estimate of drug-likeness (QED) is 0.179. The van der Waals surface area contributed by atoms with Crippen LogP contribution in [-0.4, -0.2) is 83.2 Å². The van der Waals surface area contributed by atoms with Crippen molar-refractivity contribution in [2.24, 2.45) is 0 Å². The van der Waals surface area contributed by atoms with Crippen LogP contribution in [0, 0.1) is 10.1 Å². The summed E-state index contributed by atoms with van der Waals surface area (Å²) < 4.78 is 11.5. The van der Waals surface area contributed by atoms with E-state index in [2.05, 4.69) is 73.1 Å². The molecular weight excluding hydrogens is 803 g/mol. The van der Waals surface area contributed by atoms with Gasteiger partial charge >= 0.3 is 12.2 Å². The lowest BCUT2D eigenvalue weighted by Crippen LogP contribution is -2.65. The number of Topliss-reactive ketones (excluding diaryl/α,β-unsaturated/α-hetero) is 1. The fraction of sp³-hybridized carbons (Fsp3) is 0.857. The second kappa shape index (κ2) is 16.6. The predicted octanol–water partition coefficient (Wildman–Crippen LogP) is 4.50. The largest absolute Gasteiger partial charge is 0.444 e. The summed E-state index contributed by atoms with van der Waals surface area (Å²) in [5, 5.41) is 21.6. The molecule has 0 unspecified atom stereocenters. The van der Waals surface area contributed by atoms with E-state index in [1.165, 1.54) is 7.33 Å². The van der Waals surface area contributed by atoms with Crippen molar-refractivity contribution in [2.75, 3.05) is 33.5 Å². The molecule has 0 aromatic carbocycles. The van der Waals surface area contributed by atoms with E-state index in [9.17, 15) is 24.5 Å². The second-order valence-electron chi connectivity index (χ2n) is 9.32. The first-order valence-electron chi connectivity index (χ1n) is 11.0. The van der Waals surface area contributed by atoms with Crippen molar-refractivity contribution in [1.29, 1.82) is 0 Å². The van der Waals surface area contributed by atoms with Crippen LogP contribution in [-0.2, 0) is 14.3 Å². The molecule has 2 saturated carbocycles. The first-order valence-corrected chi connectivity index (χ1v) is 16.2. The summed E-state index contributed by atoms with van der Waals surface area (Å²) in [6, 6.07) is 0. The molecular formula is C21H36I3N3O8. The SMILES string of the molecule is CC(C)(C)OC(=O)N1CC2(CNC(=O)O2)C1.CI.ICI.O=C1CCC1.O=[N+]([O-])CC1(O)CCC1. The van der Waals surface area contributed by atoms with Crippen LogP contribution in [0.5, 0.6) is 0 Å². The summed E-state index contributed by atoms with van der Waals surface area (Å²) in [6.07, 6.45) is 4.16. The molecule has 11 nitrogen and oxygen atoms in total. The zero-order valence-corrected chi connectivity index (χ0v) is 27.1. The summed E-state index contributed by atoms with van der Waals surface area (Å²) in [4.78, 5) is 45.3. The van der Waals surface area contributed by atoms with Gasteiger partial charge in [-0.05, 0) is 51.4 Å². The van der Waals surface area contributed by atoms with Gasteiger partial charge in [0.25, 0.3) is 0 Å². The molecule has 2 saturated heterocycles. The third-order valence-corrected chi connectivity index (χ3v) is 5.09. The van der Waals surface area contributed by atoms with Gasteiger partial charge in [-0.2, -0.15) is 0 Å². The molecule has 0 radical (unpaired) electrons. The van der Waals surface area contributed by atoms with E-state index in [0.717, 1.165) is 25.7 Å². The average Bonchev–Trinajstić information content (AvgIpc) is 3.08. The van der Waals surface area contributed by atoms with E-state index in [1.54, 1.807) is 0 Å². The van der Waals surface area contributed by atoms with Crippen molar-refractivity contribution >= 4 is 85.7 Å². The normalized spacial score (nSPS) is 19.9. The van der Waals surface area contributed by atoms with Crippen molar-refractivity contribution in [3.8, 4) is 0 Å². The second-order valence-corrected chi connectivity index (χ2v) is 13.8. The Morgan fingerprint density at radius 1 is 1.20 bits per heavy atom. The van der Waals surface area contributed by atoms with Gasteiger partial charge in [-0.15, -0.1) is 0 Å². The van der Waals surface area contributed by atoms with Crippen molar-refractivity contribution < 1.29 is 33.9 Å². The van der Waals surface area contributed by atoms with E-state index in [1.807, 2.05) is 25.7 Å². The highest BCUT2D eigenvalue weighted by Gasteiger charge is 2.53. The Balaban J connectivity index is 0.000000510. The molecule has 35 heavy (non-hydrogen) atoms. The number of alkyl halides is 3. The Morgan fingerprint density at radius 3 is 1.91 bits per heavy atom. The smallest absolute Gasteiger partial charge is 0.410 e. The highest BCUT2D eigenvalue weighted by Crippen LogP contribution is 2.31. The molecule has 0 aromatic heterocycles. The van der Waals surface area contributed by atoms with E-state index < -0.39 is 27.8 Å². The van der Waals surface area contributed by atoms with Gasteiger partial charge in [0.1, 0.15) is 17.0 Å². The third kappa shape index (κ3) is 14.3. The number of halogens is 3. The van der Waals surface area contributed by atoms with Crippen LogP contribution in [0.15, 0.2) is 0 Å². The summed E-state index contributed by atoms with van der Waals surface area (Å²) in [6.45, 7) is 6.44. The number of carbonyl (C=O) groups is 3. The van der Waals surface area contributed by atoms with Gasteiger partial charge in [0, 0.05) is 17.8 Å². The average molecular weight is 839 g/mol. The van der Waals surface area contributed by atoms with Crippen LogP contribution >= 0.6 is 67.8 Å².